The Kier molecular flexibility index (Phi) is 16.0. The number of piperidine rings is 1. The smallest absolute Gasteiger partial charge is 0.306 e. The van der Waals surface area contributed by atoms with Crippen molar-refractivity contribution < 1.29 is 38.1 Å². The average Bonchev–Trinajstić information content (AvgIpc) is 3.10. The zero-order valence-corrected chi connectivity index (χ0v) is 30.3. The van der Waals surface area contributed by atoms with Gasteiger partial charge in [-0.2, -0.15) is 0 Å². The third kappa shape index (κ3) is 12.5. The summed E-state index contributed by atoms with van der Waals surface area (Å²) in [6.07, 6.45) is 6.09. The van der Waals surface area contributed by atoms with E-state index in [0.717, 1.165) is 55.7 Å². The van der Waals surface area contributed by atoms with E-state index in [9.17, 15) is 14.4 Å². The van der Waals surface area contributed by atoms with E-state index in [4.69, 9.17) is 28.7 Å². The molecule has 4 rings (SSSR count). The van der Waals surface area contributed by atoms with Gasteiger partial charge in [-0.15, -0.1) is 0 Å². The van der Waals surface area contributed by atoms with Crippen LogP contribution in [0, 0.1) is 5.92 Å². The predicted octanol–water partition coefficient (Wildman–Crippen LogP) is 5.44. The second kappa shape index (κ2) is 20.4. The summed E-state index contributed by atoms with van der Waals surface area (Å²) in [6, 6.07) is 10.1. The van der Waals surface area contributed by atoms with Gasteiger partial charge in [0, 0.05) is 43.9 Å². The van der Waals surface area contributed by atoms with Gasteiger partial charge in [0.25, 0.3) is 0 Å². The van der Waals surface area contributed by atoms with Crippen LogP contribution in [0.25, 0.3) is 0 Å². The Morgan fingerprint density at radius 1 is 1.04 bits per heavy atom. The standard InChI is InChI=1S/C37H53N3O8S/c1-26-22-28(13-15-40(26)35(42)12-10-32-9-7-29-6-5-14-38-37(29)39-32)23-31(25-36(43)45-4)30-8-11-33(34(24-30)44-3)48-19-18-46-16-17-47-20-21-49-27(2)41/h7-9,11,24,26,28,31H,5-6,10,12-23,25H2,1-4H3,(H,38,39)/t26-,28?,31?/m0/s1. The minimum Gasteiger partial charge on any atom is -0.493 e. The van der Waals surface area contributed by atoms with Crippen molar-refractivity contribution in [2.24, 2.45) is 5.92 Å². The van der Waals surface area contributed by atoms with Gasteiger partial charge in [0.2, 0.25) is 5.91 Å². The number of aromatic nitrogens is 1. The van der Waals surface area contributed by atoms with Gasteiger partial charge in [0.05, 0.1) is 47.1 Å². The Balaban J connectivity index is 1.25. The van der Waals surface area contributed by atoms with Crippen molar-refractivity contribution >= 4 is 34.6 Å². The van der Waals surface area contributed by atoms with E-state index >= 15 is 0 Å². The number of anilines is 1. The maximum absolute atomic E-state index is 13.3. The van der Waals surface area contributed by atoms with E-state index in [-0.39, 0.29) is 35.4 Å². The molecule has 1 amide bonds. The molecule has 2 aliphatic rings. The third-order valence-electron chi connectivity index (χ3n) is 9.16. The number of aryl methyl sites for hydroxylation is 2. The number of rotatable bonds is 19. The van der Waals surface area contributed by atoms with Crippen molar-refractivity contribution in [1.29, 1.82) is 0 Å². The zero-order chi connectivity index (χ0) is 35.0. The summed E-state index contributed by atoms with van der Waals surface area (Å²) in [6.45, 7) is 7.47. The van der Waals surface area contributed by atoms with Crippen LogP contribution in [0.15, 0.2) is 30.3 Å². The van der Waals surface area contributed by atoms with Gasteiger partial charge in [0.1, 0.15) is 12.4 Å². The molecule has 2 unspecified atom stereocenters. The molecule has 0 aliphatic carbocycles. The van der Waals surface area contributed by atoms with Crippen LogP contribution in [0.3, 0.4) is 0 Å². The molecular formula is C37H53N3O8S. The molecule has 1 fully saturated rings. The summed E-state index contributed by atoms with van der Waals surface area (Å²) >= 11 is 1.25. The average molecular weight is 700 g/mol. The molecule has 2 aliphatic heterocycles. The number of carbonyl (C=O) groups excluding carboxylic acids is 3. The molecule has 0 spiro atoms. The molecule has 3 atom stereocenters. The van der Waals surface area contributed by atoms with Gasteiger partial charge in [-0.3, -0.25) is 14.4 Å². The van der Waals surface area contributed by atoms with Crippen molar-refractivity contribution in [2.45, 2.75) is 77.2 Å². The Morgan fingerprint density at radius 3 is 2.59 bits per heavy atom. The molecule has 1 saturated heterocycles. The first-order valence-electron chi connectivity index (χ1n) is 17.5. The number of esters is 1. The summed E-state index contributed by atoms with van der Waals surface area (Å²) in [5.41, 5.74) is 3.20. The number of fused-ring (bicyclic) bond motifs is 1. The van der Waals surface area contributed by atoms with Crippen LogP contribution in [-0.4, -0.2) is 99.0 Å². The van der Waals surface area contributed by atoms with Crippen LogP contribution in [0.4, 0.5) is 5.82 Å². The molecule has 1 aromatic carbocycles. The number of pyridine rings is 1. The number of hydrogen-bond donors (Lipinski definition) is 1. The number of hydrogen-bond acceptors (Lipinski definition) is 11. The molecule has 12 heteroatoms. The Morgan fingerprint density at radius 2 is 1.84 bits per heavy atom. The van der Waals surface area contributed by atoms with Crippen molar-refractivity contribution in [3.63, 3.8) is 0 Å². The highest BCUT2D eigenvalue weighted by molar-refractivity contribution is 8.13. The highest BCUT2D eigenvalue weighted by atomic mass is 32.2. The number of methoxy groups -OCH3 is 2. The maximum atomic E-state index is 13.3. The van der Waals surface area contributed by atoms with E-state index in [2.05, 4.69) is 24.4 Å². The summed E-state index contributed by atoms with van der Waals surface area (Å²) in [7, 11) is 3.02. The predicted molar refractivity (Wildman–Crippen MR) is 191 cm³/mol. The number of amides is 1. The molecule has 1 N–H and O–H groups in total. The number of likely N-dealkylation sites (tertiary alicyclic amines) is 1. The minimum absolute atomic E-state index is 0.0595. The highest BCUT2D eigenvalue weighted by Gasteiger charge is 2.31. The first kappa shape index (κ1) is 38.5. The number of nitrogens with zero attached hydrogens (tertiary/aromatic N) is 2. The van der Waals surface area contributed by atoms with E-state index in [1.165, 1.54) is 24.4 Å². The fourth-order valence-corrected chi connectivity index (χ4v) is 7.09. The minimum atomic E-state index is -0.255. The third-order valence-corrected chi connectivity index (χ3v) is 9.94. The SMILES string of the molecule is COC(=O)CC(CC1CCN(C(=O)CCc2ccc3c(n2)NCCC3)[C@@H](C)C1)c1ccc(OCCOCCOCCSC(C)=O)c(OC)c1. The van der Waals surface area contributed by atoms with Gasteiger partial charge >= 0.3 is 5.97 Å². The number of nitrogens with one attached hydrogen (secondary N) is 1. The summed E-state index contributed by atoms with van der Waals surface area (Å²) in [5, 5.41) is 3.46. The molecular weight excluding hydrogens is 646 g/mol. The highest BCUT2D eigenvalue weighted by Crippen LogP contribution is 2.38. The lowest BCUT2D eigenvalue weighted by Crippen LogP contribution is -2.45. The van der Waals surface area contributed by atoms with Gasteiger partial charge in [-0.1, -0.05) is 23.9 Å². The topological polar surface area (TPSA) is 126 Å². The van der Waals surface area contributed by atoms with Gasteiger partial charge in [-0.05, 0) is 86.6 Å². The van der Waals surface area contributed by atoms with Crippen LogP contribution in [-0.2, 0) is 41.4 Å². The van der Waals surface area contributed by atoms with Gasteiger partial charge in [0.15, 0.2) is 16.6 Å². The normalized spacial score (nSPS) is 17.8. The molecule has 270 valence electrons. The molecule has 0 radical (unpaired) electrons. The van der Waals surface area contributed by atoms with E-state index < -0.39 is 0 Å². The molecule has 0 bridgehead atoms. The Labute approximate surface area is 295 Å². The molecule has 0 saturated carbocycles. The van der Waals surface area contributed by atoms with Crippen LogP contribution in [0.5, 0.6) is 11.5 Å². The van der Waals surface area contributed by atoms with Crippen LogP contribution in [0.2, 0.25) is 0 Å². The van der Waals surface area contributed by atoms with Crippen molar-refractivity contribution in [3.05, 3.63) is 47.2 Å². The second-order valence-electron chi connectivity index (χ2n) is 12.7. The molecule has 2 aromatic rings. The van der Waals surface area contributed by atoms with E-state index in [1.807, 2.05) is 23.1 Å². The van der Waals surface area contributed by atoms with Crippen LogP contribution >= 0.6 is 11.8 Å². The monoisotopic (exact) mass is 699 g/mol. The van der Waals surface area contributed by atoms with Crippen molar-refractivity contribution in [2.75, 3.05) is 71.4 Å². The lowest BCUT2D eigenvalue weighted by molar-refractivity contribution is -0.141. The number of carbonyl (C=O) groups is 3. The quantitative estimate of drug-likeness (QED) is 0.149. The lowest BCUT2D eigenvalue weighted by Gasteiger charge is -2.39. The Bertz CT molecular complexity index is 1380. The molecule has 1 aromatic heterocycles. The number of ether oxygens (including phenoxy) is 5. The largest absolute Gasteiger partial charge is 0.493 e. The maximum Gasteiger partial charge on any atom is 0.306 e. The fraction of sp³-hybridized carbons (Fsp3) is 0.622. The first-order chi connectivity index (χ1) is 23.8. The van der Waals surface area contributed by atoms with Crippen molar-refractivity contribution in [1.82, 2.24) is 9.88 Å². The summed E-state index contributed by atoms with van der Waals surface area (Å²) in [5.74, 6) is 3.02. The molecule has 11 nitrogen and oxygen atoms in total. The van der Waals surface area contributed by atoms with Gasteiger partial charge in [-0.25, -0.2) is 4.98 Å². The van der Waals surface area contributed by atoms with E-state index in [0.29, 0.717) is 75.6 Å². The van der Waals surface area contributed by atoms with Crippen molar-refractivity contribution in [3.8, 4) is 11.5 Å². The summed E-state index contributed by atoms with van der Waals surface area (Å²) in [4.78, 5) is 43.5. The van der Waals surface area contributed by atoms with Crippen LogP contribution < -0.4 is 14.8 Å². The lowest BCUT2D eigenvalue weighted by atomic mass is 9.80. The van der Waals surface area contributed by atoms with Crippen LogP contribution in [0.1, 0.15) is 75.1 Å². The fourth-order valence-electron chi connectivity index (χ4n) is 6.60. The van der Waals surface area contributed by atoms with E-state index in [1.54, 1.807) is 14.0 Å². The zero-order valence-electron chi connectivity index (χ0n) is 29.5. The molecule has 3 heterocycles. The number of thioether (sulfide) groups is 1. The Hall–Kier alpha value is -3.35. The second-order valence-corrected chi connectivity index (χ2v) is 14.0. The number of benzene rings is 1. The molecule has 49 heavy (non-hydrogen) atoms. The summed E-state index contributed by atoms with van der Waals surface area (Å²) < 4.78 is 27.7. The first-order valence-corrected chi connectivity index (χ1v) is 18.4. The van der Waals surface area contributed by atoms with Gasteiger partial charge < -0.3 is 33.9 Å².